The third kappa shape index (κ3) is 3.42. The number of thioether (sulfide) groups is 1. The van der Waals surface area contributed by atoms with E-state index < -0.39 is 0 Å². The molecule has 0 bridgehead atoms. The molecule has 0 unspecified atom stereocenters. The van der Waals surface area contributed by atoms with Gasteiger partial charge in [-0.25, -0.2) is 4.98 Å². The molecule has 6 nitrogen and oxygen atoms in total. The van der Waals surface area contributed by atoms with E-state index in [2.05, 4.69) is 4.98 Å². The van der Waals surface area contributed by atoms with Gasteiger partial charge in [0.1, 0.15) is 10.9 Å². The third-order valence-electron chi connectivity index (χ3n) is 3.75. The second-order valence-electron chi connectivity index (χ2n) is 5.22. The summed E-state index contributed by atoms with van der Waals surface area (Å²) < 4.78 is 6.57. The SMILES string of the molecule is COC(=O)[C@H]1CN(C(=O)/C=C/c2c(Cl)nc3ccccn23)CCS1. The number of imidazole rings is 1. The monoisotopic (exact) mass is 365 g/mol. The number of amides is 1. The van der Waals surface area contributed by atoms with Gasteiger partial charge < -0.3 is 9.64 Å². The van der Waals surface area contributed by atoms with E-state index in [0.717, 1.165) is 5.65 Å². The lowest BCUT2D eigenvalue weighted by Crippen LogP contribution is -2.44. The van der Waals surface area contributed by atoms with Gasteiger partial charge in [0, 0.05) is 31.1 Å². The number of rotatable bonds is 3. The van der Waals surface area contributed by atoms with E-state index in [-0.39, 0.29) is 17.1 Å². The Morgan fingerprint density at radius 3 is 3.08 bits per heavy atom. The van der Waals surface area contributed by atoms with Crippen LogP contribution in [0.5, 0.6) is 0 Å². The number of hydrogen-bond donors (Lipinski definition) is 0. The number of carbonyl (C=O) groups excluding carboxylic acids is 2. The van der Waals surface area contributed by atoms with Crippen LogP contribution in [0.3, 0.4) is 0 Å². The lowest BCUT2D eigenvalue weighted by atomic mass is 10.3. The highest BCUT2D eigenvalue weighted by Crippen LogP contribution is 2.21. The fourth-order valence-corrected chi connectivity index (χ4v) is 3.88. The van der Waals surface area contributed by atoms with Crippen molar-refractivity contribution in [1.29, 1.82) is 0 Å². The molecule has 0 saturated carbocycles. The molecule has 0 aromatic carbocycles. The fraction of sp³-hybridized carbons (Fsp3) is 0.312. The molecule has 0 radical (unpaired) electrons. The molecular formula is C16H16ClN3O3S. The average Bonchev–Trinajstić information content (AvgIpc) is 2.94. The zero-order valence-corrected chi connectivity index (χ0v) is 14.6. The summed E-state index contributed by atoms with van der Waals surface area (Å²) in [5.41, 5.74) is 1.37. The van der Waals surface area contributed by atoms with Crippen LogP contribution in [0, 0.1) is 0 Å². The van der Waals surface area contributed by atoms with E-state index in [4.69, 9.17) is 16.3 Å². The highest BCUT2D eigenvalue weighted by atomic mass is 35.5. The maximum absolute atomic E-state index is 12.4. The molecule has 126 valence electrons. The number of pyridine rings is 1. The van der Waals surface area contributed by atoms with Crippen LogP contribution in [0.1, 0.15) is 5.69 Å². The quantitative estimate of drug-likeness (QED) is 0.615. The number of methoxy groups -OCH3 is 1. The van der Waals surface area contributed by atoms with Gasteiger partial charge in [0.25, 0.3) is 0 Å². The molecule has 1 aliphatic rings. The standard InChI is InChI=1S/C16H16ClN3O3S/c1-23-16(22)12-10-19(8-9-24-12)14(21)6-5-11-15(17)18-13-4-2-3-7-20(11)13/h2-7,12H,8-10H2,1H3/b6-5+/t12-/m1/s1. The number of nitrogens with zero attached hydrogens (tertiary/aromatic N) is 3. The minimum Gasteiger partial charge on any atom is -0.468 e. The molecule has 1 saturated heterocycles. The first-order chi connectivity index (χ1) is 11.6. The molecular weight excluding hydrogens is 350 g/mol. The Kier molecular flexibility index (Phi) is 5.11. The van der Waals surface area contributed by atoms with E-state index in [1.807, 2.05) is 28.8 Å². The van der Waals surface area contributed by atoms with Crippen molar-refractivity contribution in [3.05, 3.63) is 41.3 Å². The van der Waals surface area contributed by atoms with Crippen molar-refractivity contribution in [2.75, 3.05) is 26.0 Å². The topological polar surface area (TPSA) is 63.9 Å². The average molecular weight is 366 g/mol. The molecule has 1 fully saturated rings. The second kappa shape index (κ2) is 7.27. The fourth-order valence-electron chi connectivity index (χ4n) is 2.51. The van der Waals surface area contributed by atoms with Gasteiger partial charge in [0.05, 0.1) is 12.8 Å². The van der Waals surface area contributed by atoms with Gasteiger partial charge in [-0.2, -0.15) is 0 Å². The van der Waals surface area contributed by atoms with Crippen molar-refractivity contribution in [3.63, 3.8) is 0 Å². The first-order valence-corrected chi connectivity index (χ1v) is 8.82. The molecule has 1 aliphatic heterocycles. The predicted molar refractivity (Wildman–Crippen MR) is 94.1 cm³/mol. The smallest absolute Gasteiger partial charge is 0.320 e. The van der Waals surface area contributed by atoms with Crippen LogP contribution in [-0.4, -0.2) is 57.4 Å². The lowest BCUT2D eigenvalue weighted by molar-refractivity contribution is -0.140. The number of fused-ring (bicyclic) bond motifs is 1. The summed E-state index contributed by atoms with van der Waals surface area (Å²) >= 11 is 7.66. The van der Waals surface area contributed by atoms with Gasteiger partial charge in [-0.3, -0.25) is 14.0 Å². The first kappa shape index (κ1) is 16.9. The summed E-state index contributed by atoms with van der Waals surface area (Å²) in [6.07, 6.45) is 4.95. The molecule has 1 amide bonds. The number of ether oxygens (including phenoxy) is 1. The number of carbonyl (C=O) groups is 2. The summed E-state index contributed by atoms with van der Waals surface area (Å²) in [6.45, 7) is 0.948. The Balaban J connectivity index is 1.75. The molecule has 8 heteroatoms. The predicted octanol–water partition coefficient (Wildman–Crippen LogP) is 2.12. The van der Waals surface area contributed by atoms with E-state index in [1.54, 1.807) is 11.0 Å². The maximum Gasteiger partial charge on any atom is 0.320 e. The van der Waals surface area contributed by atoms with Crippen molar-refractivity contribution in [2.45, 2.75) is 5.25 Å². The van der Waals surface area contributed by atoms with Crippen molar-refractivity contribution in [3.8, 4) is 0 Å². The van der Waals surface area contributed by atoms with Crippen LogP contribution >= 0.6 is 23.4 Å². The molecule has 1 atom stereocenters. The van der Waals surface area contributed by atoms with Gasteiger partial charge in [-0.1, -0.05) is 17.7 Å². The number of hydrogen-bond acceptors (Lipinski definition) is 5. The summed E-state index contributed by atoms with van der Waals surface area (Å²) in [5, 5.41) is 0.00683. The van der Waals surface area contributed by atoms with Crippen LogP contribution in [0.4, 0.5) is 0 Å². The summed E-state index contributed by atoms with van der Waals surface area (Å²) in [5.74, 6) is 0.243. The molecule has 3 heterocycles. The van der Waals surface area contributed by atoms with E-state index >= 15 is 0 Å². The van der Waals surface area contributed by atoms with Gasteiger partial charge in [0.15, 0.2) is 5.15 Å². The summed E-state index contributed by atoms with van der Waals surface area (Å²) in [6, 6.07) is 5.58. The van der Waals surface area contributed by atoms with Crippen LogP contribution in [0.2, 0.25) is 5.15 Å². The van der Waals surface area contributed by atoms with E-state index in [0.29, 0.717) is 29.7 Å². The summed E-state index contributed by atoms with van der Waals surface area (Å²) in [4.78, 5) is 29.9. The molecule has 2 aromatic heterocycles. The highest BCUT2D eigenvalue weighted by Gasteiger charge is 2.28. The first-order valence-electron chi connectivity index (χ1n) is 7.39. The van der Waals surface area contributed by atoms with Gasteiger partial charge in [-0.15, -0.1) is 11.8 Å². The number of aromatic nitrogens is 2. The van der Waals surface area contributed by atoms with Crippen molar-refractivity contribution in [1.82, 2.24) is 14.3 Å². The van der Waals surface area contributed by atoms with Crippen LogP contribution in [-0.2, 0) is 14.3 Å². The zero-order chi connectivity index (χ0) is 17.1. The molecule has 24 heavy (non-hydrogen) atoms. The highest BCUT2D eigenvalue weighted by molar-refractivity contribution is 8.00. The Hall–Kier alpha value is -1.99. The molecule has 2 aromatic rings. The van der Waals surface area contributed by atoms with Gasteiger partial charge in [0.2, 0.25) is 5.91 Å². The number of halogens is 1. The van der Waals surface area contributed by atoms with E-state index in [9.17, 15) is 9.59 Å². The lowest BCUT2D eigenvalue weighted by Gasteiger charge is -2.30. The van der Waals surface area contributed by atoms with Gasteiger partial charge >= 0.3 is 5.97 Å². The third-order valence-corrected chi connectivity index (χ3v) is 5.19. The maximum atomic E-state index is 12.4. The summed E-state index contributed by atoms with van der Waals surface area (Å²) in [7, 11) is 1.36. The molecule has 0 spiro atoms. The largest absolute Gasteiger partial charge is 0.468 e. The molecule has 0 aliphatic carbocycles. The Morgan fingerprint density at radius 2 is 2.29 bits per heavy atom. The number of esters is 1. The Bertz CT molecular complexity index is 805. The minimum absolute atomic E-state index is 0.161. The minimum atomic E-state index is -0.333. The zero-order valence-electron chi connectivity index (χ0n) is 13.0. The Morgan fingerprint density at radius 1 is 1.46 bits per heavy atom. The molecule has 0 N–H and O–H groups in total. The normalized spacial score (nSPS) is 18.2. The second-order valence-corrected chi connectivity index (χ2v) is 6.89. The van der Waals surface area contributed by atoms with Crippen molar-refractivity contribution in [2.24, 2.45) is 0 Å². The molecule has 3 rings (SSSR count). The van der Waals surface area contributed by atoms with Crippen molar-refractivity contribution >= 4 is 47.0 Å². The van der Waals surface area contributed by atoms with Crippen LogP contribution < -0.4 is 0 Å². The Labute approximate surface area is 148 Å². The van der Waals surface area contributed by atoms with E-state index in [1.165, 1.54) is 24.9 Å². The van der Waals surface area contributed by atoms with Crippen LogP contribution in [0.15, 0.2) is 30.5 Å². The van der Waals surface area contributed by atoms with Crippen molar-refractivity contribution < 1.29 is 14.3 Å². The van der Waals surface area contributed by atoms with Gasteiger partial charge in [-0.05, 0) is 18.2 Å². The van der Waals surface area contributed by atoms with Crippen LogP contribution in [0.25, 0.3) is 11.7 Å².